The van der Waals surface area contributed by atoms with Gasteiger partial charge in [-0.25, -0.2) is 19.3 Å². The molecule has 0 aromatic carbocycles. The lowest BCUT2D eigenvalue weighted by Crippen LogP contribution is -2.37. The molecule has 9 atom stereocenters. The van der Waals surface area contributed by atoms with Gasteiger partial charge in [0.25, 0.3) is 11.1 Å². The van der Waals surface area contributed by atoms with Crippen LogP contribution in [0.4, 0.5) is 0 Å². The summed E-state index contributed by atoms with van der Waals surface area (Å²) in [5, 5.41) is 40.2. The number of aliphatic hydroxyl groups excluding tert-OH is 4. The van der Waals surface area contributed by atoms with E-state index in [4.69, 9.17) is 14.0 Å². The lowest BCUT2D eigenvalue weighted by atomic mass is 10.1. The molecule has 0 aliphatic carbocycles. The standard InChI is InChI=1S/C19H23N6O12PS/c26-3-7-14(13(30)18(36-7)25-6-22-10-15(25)20-5-21-16(10)31)39-38(33,34)35-4-8-11(28)12(29)17(37-8)24-2-1-9(27)23-19(24)32/h1-2,5-8,11-14,17-18,26,28-30H,3-4H2,(H,33,34)(H,20,21,31)(H,23,27,32)/t7-,8-,11-,12-,13-,14-,17-,18-/m1/s1. The highest BCUT2D eigenvalue weighted by Crippen LogP contribution is 2.61. The zero-order valence-corrected chi connectivity index (χ0v) is 21.3. The largest absolute Gasteiger partial charge is 0.394 e. The molecule has 1 unspecified atom stereocenters. The van der Waals surface area contributed by atoms with Crippen molar-refractivity contribution in [2.75, 3.05) is 13.2 Å². The van der Waals surface area contributed by atoms with Crippen LogP contribution in [0.3, 0.4) is 0 Å². The molecule has 0 saturated carbocycles. The van der Waals surface area contributed by atoms with Crippen molar-refractivity contribution in [3.63, 3.8) is 0 Å². The van der Waals surface area contributed by atoms with E-state index in [2.05, 4.69) is 15.0 Å². The van der Waals surface area contributed by atoms with E-state index >= 15 is 0 Å². The molecule has 0 amide bonds. The predicted octanol–water partition coefficient (Wildman–Crippen LogP) is -3.24. The first-order chi connectivity index (χ1) is 18.5. The van der Waals surface area contributed by atoms with Crippen molar-refractivity contribution in [1.82, 2.24) is 29.1 Å². The molecule has 5 heterocycles. The van der Waals surface area contributed by atoms with Crippen LogP contribution in [0.5, 0.6) is 0 Å². The maximum atomic E-state index is 12.9. The normalized spacial score (nSPS) is 32.5. The minimum atomic E-state index is -4.61. The van der Waals surface area contributed by atoms with Gasteiger partial charge in [-0.2, -0.15) is 0 Å². The van der Waals surface area contributed by atoms with Crippen molar-refractivity contribution < 1.29 is 43.9 Å². The topological polar surface area (TPSA) is 264 Å². The summed E-state index contributed by atoms with van der Waals surface area (Å²) in [6.45, 7) is -5.96. The molecule has 3 aromatic heterocycles. The highest BCUT2D eigenvalue weighted by atomic mass is 32.7. The number of aromatic nitrogens is 6. The number of ether oxygens (including phenoxy) is 2. The summed E-state index contributed by atoms with van der Waals surface area (Å²) in [6, 6.07) is 1.01. The molecule has 5 rings (SSSR count). The first-order valence-electron chi connectivity index (χ1n) is 11.3. The molecule has 3 aromatic rings. The Kier molecular flexibility index (Phi) is 7.63. The van der Waals surface area contributed by atoms with Gasteiger partial charge in [-0.3, -0.25) is 28.2 Å². The molecule has 18 nitrogen and oxygen atoms in total. The molecular weight excluding hydrogens is 567 g/mol. The van der Waals surface area contributed by atoms with E-state index in [0.717, 1.165) is 23.2 Å². The van der Waals surface area contributed by atoms with Crippen LogP contribution < -0.4 is 16.8 Å². The number of rotatable bonds is 8. The Hall–Kier alpha value is -2.71. The third-order valence-electron chi connectivity index (χ3n) is 6.25. The number of aromatic amines is 2. The summed E-state index contributed by atoms with van der Waals surface area (Å²) >= 11 is 0.284. The molecule has 2 saturated heterocycles. The Morgan fingerprint density at radius 1 is 1.05 bits per heavy atom. The molecule has 20 heteroatoms. The maximum absolute atomic E-state index is 12.9. The SMILES string of the molecule is O=c1ccn([C@@H]2O[C@H](COP(=O)(O)S[C@H]3[C@@H](O)[C@H](n4cnc5c(=O)[nH]cnc54)O[C@@H]3CO)[C@@H](O)[C@H]2O)c(=O)[nH]1. The summed E-state index contributed by atoms with van der Waals surface area (Å²) in [4.78, 5) is 58.0. The number of hydrogen-bond donors (Lipinski definition) is 7. The Morgan fingerprint density at radius 2 is 1.77 bits per heavy atom. The third kappa shape index (κ3) is 5.25. The van der Waals surface area contributed by atoms with Gasteiger partial charge in [0, 0.05) is 12.3 Å². The van der Waals surface area contributed by atoms with Gasteiger partial charge in [0.15, 0.2) is 23.6 Å². The molecule has 0 spiro atoms. The Balaban J connectivity index is 1.27. The Bertz CT molecular complexity index is 1570. The quantitative estimate of drug-likeness (QED) is 0.127. The van der Waals surface area contributed by atoms with Crippen LogP contribution in [0.25, 0.3) is 11.2 Å². The van der Waals surface area contributed by atoms with Crippen molar-refractivity contribution >= 4 is 29.3 Å². The Labute approximate surface area is 220 Å². The molecule has 7 N–H and O–H groups in total. The zero-order valence-electron chi connectivity index (χ0n) is 19.6. The summed E-state index contributed by atoms with van der Waals surface area (Å²) in [5.41, 5.74) is -2.07. The van der Waals surface area contributed by atoms with Gasteiger partial charge in [0.1, 0.15) is 24.4 Å². The van der Waals surface area contributed by atoms with Gasteiger partial charge in [0.2, 0.25) is 0 Å². The number of nitrogens with zero attached hydrogens (tertiary/aromatic N) is 4. The fourth-order valence-corrected chi connectivity index (χ4v) is 7.67. The number of imidazole rings is 1. The van der Waals surface area contributed by atoms with Crippen molar-refractivity contribution in [3.05, 3.63) is 56.1 Å². The van der Waals surface area contributed by atoms with Crippen LogP contribution >= 0.6 is 18.2 Å². The average Bonchev–Trinajstić information content (AvgIpc) is 3.53. The van der Waals surface area contributed by atoms with Gasteiger partial charge in [-0.05, 0) is 11.4 Å². The first kappa shape index (κ1) is 27.8. The van der Waals surface area contributed by atoms with Crippen LogP contribution in [0.1, 0.15) is 12.5 Å². The number of fused-ring (bicyclic) bond motifs is 1. The van der Waals surface area contributed by atoms with Crippen LogP contribution in [0, 0.1) is 0 Å². The highest BCUT2D eigenvalue weighted by molar-refractivity contribution is 8.55. The number of aliphatic hydroxyl groups is 4. The van der Waals surface area contributed by atoms with Gasteiger partial charge < -0.3 is 39.8 Å². The number of H-pyrrole nitrogens is 2. The number of nitrogens with one attached hydrogen (secondary N) is 2. The summed E-state index contributed by atoms with van der Waals surface area (Å²) in [5.74, 6) is 0. The minimum Gasteiger partial charge on any atom is -0.394 e. The van der Waals surface area contributed by atoms with E-state index in [-0.39, 0.29) is 22.5 Å². The van der Waals surface area contributed by atoms with E-state index in [9.17, 15) is 44.3 Å². The van der Waals surface area contributed by atoms with Gasteiger partial charge in [-0.1, -0.05) is 0 Å². The fourth-order valence-electron chi connectivity index (χ4n) is 4.35. The van der Waals surface area contributed by atoms with Crippen LogP contribution in [-0.2, 0) is 18.6 Å². The smallest absolute Gasteiger partial charge is 0.387 e. The highest BCUT2D eigenvalue weighted by Gasteiger charge is 2.50. The lowest BCUT2D eigenvalue weighted by Gasteiger charge is -2.22. The molecule has 39 heavy (non-hydrogen) atoms. The van der Waals surface area contributed by atoms with E-state index in [1.807, 2.05) is 4.98 Å². The second-order valence-electron chi connectivity index (χ2n) is 8.69. The third-order valence-corrected chi connectivity index (χ3v) is 9.66. The van der Waals surface area contributed by atoms with Crippen molar-refractivity contribution in [2.45, 2.75) is 48.2 Å². The average molecular weight is 590 g/mol. The zero-order chi connectivity index (χ0) is 28.1. The monoisotopic (exact) mass is 590 g/mol. The minimum absolute atomic E-state index is 0.0270. The second kappa shape index (κ2) is 10.7. The van der Waals surface area contributed by atoms with Crippen molar-refractivity contribution in [3.8, 4) is 0 Å². The molecule has 0 radical (unpaired) electrons. The Morgan fingerprint density at radius 3 is 2.49 bits per heavy atom. The van der Waals surface area contributed by atoms with Crippen molar-refractivity contribution in [1.29, 1.82) is 0 Å². The molecule has 212 valence electrons. The van der Waals surface area contributed by atoms with Crippen molar-refractivity contribution in [2.24, 2.45) is 0 Å². The summed E-state index contributed by atoms with van der Waals surface area (Å²) in [7, 11) is 0. The van der Waals surface area contributed by atoms with Gasteiger partial charge in [-0.15, -0.1) is 0 Å². The molecule has 2 aliphatic heterocycles. The van der Waals surface area contributed by atoms with Crippen LogP contribution in [0.2, 0.25) is 0 Å². The van der Waals surface area contributed by atoms with Crippen LogP contribution in [-0.4, -0.2) is 103 Å². The van der Waals surface area contributed by atoms with Crippen LogP contribution in [0.15, 0.2) is 39.3 Å². The van der Waals surface area contributed by atoms with E-state index in [1.165, 1.54) is 10.9 Å². The molecule has 0 bridgehead atoms. The fraction of sp³-hybridized carbons (Fsp3) is 0.526. The first-order valence-corrected chi connectivity index (χ1v) is 14.4. The van der Waals surface area contributed by atoms with E-state index in [1.54, 1.807) is 0 Å². The number of hydrogen-bond acceptors (Lipinski definition) is 14. The second-order valence-corrected chi connectivity index (χ2v) is 12.7. The maximum Gasteiger partial charge on any atom is 0.387 e. The summed E-state index contributed by atoms with van der Waals surface area (Å²) in [6.07, 6.45) is -6.48. The van der Waals surface area contributed by atoms with Gasteiger partial charge >= 0.3 is 12.5 Å². The lowest BCUT2D eigenvalue weighted by molar-refractivity contribution is -0.0520. The summed E-state index contributed by atoms with van der Waals surface area (Å²) < 4.78 is 31.2. The molecular formula is C19H23N6O12PS. The molecule has 2 aliphatic rings. The predicted molar refractivity (Wildman–Crippen MR) is 130 cm³/mol. The van der Waals surface area contributed by atoms with E-state index in [0.29, 0.717) is 0 Å². The van der Waals surface area contributed by atoms with E-state index < -0.39 is 85.0 Å². The molecule has 2 fully saturated rings. The van der Waals surface area contributed by atoms with Gasteiger partial charge in [0.05, 0.1) is 37.2 Å².